The Hall–Kier alpha value is -5.03. The molecule has 11 heteroatoms. The van der Waals surface area contributed by atoms with Crippen LogP contribution in [-0.2, 0) is 9.59 Å². The van der Waals surface area contributed by atoms with Gasteiger partial charge in [0.15, 0.2) is 0 Å². The average molecular weight is 559 g/mol. The van der Waals surface area contributed by atoms with E-state index in [1.807, 2.05) is 0 Å². The second-order valence-corrected chi connectivity index (χ2v) is 9.82. The maximum atomic E-state index is 13.2. The summed E-state index contributed by atoms with van der Waals surface area (Å²) in [5, 5.41) is 15.5. The molecular weight excluding hydrogens is 531 g/mol. The number of aromatic nitrogens is 1. The zero-order valence-corrected chi connectivity index (χ0v) is 22.0. The topological polar surface area (TPSA) is 153 Å². The Labute approximate surface area is 234 Å². The number of carbonyl (C=O) groups is 3. The van der Waals surface area contributed by atoms with Gasteiger partial charge in [-0.1, -0.05) is 0 Å². The molecule has 41 heavy (non-hydrogen) atoms. The number of pyridine rings is 1. The van der Waals surface area contributed by atoms with Crippen molar-refractivity contribution in [2.24, 2.45) is 11.1 Å². The number of aliphatic hydroxyl groups excluding tert-OH is 1. The van der Waals surface area contributed by atoms with Gasteiger partial charge in [-0.25, -0.2) is 4.39 Å². The third-order valence-corrected chi connectivity index (χ3v) is 6.61. The van der Waals surface area contributed by atoms with E-state index in [4.69, 9.17) is 15.2 Å². The molecule has 1 fully saturated rings. The van der Waals surface area contributed by atoms with E-state index in [9.17, 15) is 23.9 Å². The maximum absolute atomic E-state index is 13.2. The monoisotopic (exact) mass is 558 g/mol. The van der Waals surface area contributed by atoms with Crippen LogP contribution in [0.25, 0.3) is 10.9 Å². The fourth-order valence-electron chi connectivity index (χ4n) is 4.21. The number of halogens is 1. The smallest absolute Gasteiger partial charge is 0.252 e. The first-order valence-electron chi connectivity index (χ1n) is 12.8. The molecule has 1 aliphatic rings. The lowest BCUT2D eigenvalue weighted by molar-refractivity contribution is -0.131. The minimum atomic E-state index is -1.19. The Balaban J connectivity index is 1.28. The Morgan fingerprint density at radius 2 is 1.59 bits per heavy atom. The molecule has 1 unspecified atom stereocenters. The van der Waals surface area contributed by atoms with Gasteiger partial charge in [-0.2, -0.15) is 0 Å². The molecule has 5 rings (SSSR count). The van der Waals surface area contributed by atoms with Crippen molar-refractivity contribution >= 4 is 40.0 Å². The van der Waals surface area contributed by atoms with E-state index in [1.54, 1.807) is 49.5 Å². The Bertz CT molecular complexity index is 1620. The number of rotatable bonds is 10. The van der Waals surface area contributed by atoms with Gasteiger partial charge in [0.2, 0.25) is 11.8 Å². The van der Waals surface area contributed by atoms with Gasteiger partial charge < -0.3 is 30.9 Å². The maximum Gasteiger partial charge on any atom is 0.252 e. The third-order valence-electron chi connectivity index (χ3n) is 6.61. The summed E-state index contributed by atoms with van der Waals surface area (Å²) in [5.74, 6) is -0.946. The lowest BCUT2D eigenvalue weighted by Crippen LogP contribution is -2.35. The number of carbonyl (C=O) groups excluding carboxylic acids is 3. The van der Waals surface area contributed by atoms with Crippen LogP contribution < -0.4 is 25.8 Å². The van der Waals surface area contributed by atoms with Gasteiger partial charge in [0, 0.05) is 29.0 Å². The summed E-state index contributed by atoms with van der Waals surface area (Å²) in [6, 6.07) is 16.6. The van der Waals surface area contributed by atoms with Crippen LogP contribution in [0, 0.1) is 11.2 Å². The molecule has 1 aliphatic carbocycles. The van der Waals surface area contributed by atoms with Gasteiger partial charge in [0.25, 0.3) is 5.91 Å². The van der Waals surface area contributed by atoms with Crippen LogP contribution in [0.5, 0.6) is 17.2 Å². The molecule has 0 spiro atoms. The molecule has 4 aromatic rings. The van der Waals surface area contributed by atoms with Gasteiger partial charge in [-0.3, -0.25) is 19.4 Å². The molecule has 0 aliphatic heterocycles. The lowest BCUT2D eigenvalue weighted by Gasteiger charge is -2.16. The molecule has 0 saturated heterocycles. The van der Waals surface area contributed by atoms with E-state index in [0.29, 0.717) is 46.6 Å². The molecular formula is C30H27FN4O6. The van der Waals surface area contributed by atoms with E-state index in [1.165, 1.54) is 30.3 Å². The van der Waals surface area contributed by atoms with Gasteiger partial charge in [-0.05, 0) is 80.4 Å². The molecule has 3 aromatic carbocycles. The first-order valence-corrected chi connectivity index (χ1v) is 12.8. The van der Waals surface area contributed by atoms with E-state index < -0.39 is 35.1 Å². The summed E-state index contributed by atoms with van der Waals surface area (Å²) in [6.45, 7) is 1.54. The van der Waals surface area contributed by atoms with Crippen LogP contribution in [0.4, 0.5) is 15.8 Å². The van der Waals surface area contributed by atoms with Crippen molar-refractivity contribution in [1.82, 2.24) is 4.98 Å². The number of primary amides is 1. The summed E-state index contributed by atoms with van der Waals surface area (Å²) >= 11 is 0. The minimum Gasteiger partial charge on any atom is -0.490 e. The van der Waals surface area contributed by atoms with Crippen molar-refractivity contribution in [3.63, 3.8) is 0 Å². The van der Waals surface area contributed by atoms with Crippen molar-refractivity contribution in [2.45, 2.75) is 25.9 Å². The standard InChI is InChI=1S/C30H27FN4O6/c1-17(36)16-40-26-15-24-22(14-23(26)27(32)37)25(10-13-33-24)41-21-8-6-20(7-9-21)35-29(39)30(11-12-30)28(38)34-19-4-2-18(31)3-5-19/h2-10,13-15,17,36H,11-12,16H2,1H3,(H2,32,37)(H,34,38)(H,35,39). The number of benzene rings is 3. The third kappa shape index (κ3) is 6.10. The summed E-state index contributed by atoms with van der Waals surface area (Å²) < 4.78 is 24.7. The molecule has 0 bridgehead atoms. The van der Waals surface area contributed by atoms with Crippen LogP contribution in [-0.4, -0.2) is 40.5 Å². The van der Waals surface area contributed by atoms with Crippen LogP contribution in [0.1, 0.15) is 30.1 Å². The number of ether oxygens (including phenoxy) is 2. The second-order valence-electron chi connectivity index (χ2n) is 9.82. The van der Waals surface area contributed by atoms with Crippen molar-refractivity contribution in [3.8, 4) is 17.2 Å². The fraction of sp³-hybridized carbons (Fsp3) is 0.200. The highest BCUT2D eigenvalue weighted by Crippen LogP contribution is 2.47. The first kappa shape index (κ1) is 27.5. The molecule has 5 N–H and O–H groups in total. The highest BCUT2D eigenvalue weighted by molar-refractivity contribution is 6.16. The Kier molecular flexibility index (Phi) is 7.54. The number of nitrogens with zero attached hydrogens (tertiary/aromatic N) is 1. The van der Waals surface area contributed by atoms with E-state index >= 15 is 0 Å². The van der Waals surface area contributed by atoms with Crippen LogP contribution in [0.15, 0.2) is 72.9 Å². The summed E-state index contributed by atoms with van der Waals surface area (Å²) in [5.41, 5.74) is 5.86. The van der Waals surface area contributed by atoms with Crippen LogP contribution in [0.3, 0.4) is 0 Å². The highest BCUT2D eigenvalue weighted by atomic mass is 19.1. The number of amides is 3. The number of nitrogens with one attached hydrogen (secondary N) is 2. The van der Waals surface area contributed by atoms with Gasteiger partial charge in [-0.15, -0.1) is 0 Å². The van der Waals surface area contributed by atoms with E-state index in [2.05, 4.69) is 15.6 Å². The van der Waals surface area contributed by atoms with Gasteiger partial charge in [0.05, 0.1) is 17.2 Å². The zero-order chi connectivity index (χ0) is 29.1. The molecule has 10 nitrogen and oxygen atoms in total. The number of fused-ring (bicyclic) bond motifs is 1. The lowest BCUT2D eigenvalue weighted by atomic mass is 10.0. The molecule has 210 valence electrons. The summed E-state index contributed by atoms with van der Waals surface area (Å²) in [6.07, 6.45) is 1.61. The van der Waals surface area contributed by atoms with Crippen molar-refractivity contribution in [2.75, 3.05) is 17.2 Å². The second kappa shape index (κ2) is 11.2. The Morgan fingerprint density at radius 1 is 0.976 bits per heavy atom. The van der Waals surface area contributed by atoms with Crippen LogP contribution >= 0.6 is 0 Å². The normalized spacial score (nSPS) is 14.1. The average Bonchev–Trinajstić information content (AvgIpc) is 3.76. The molecule has 3 amide bonds. The van der Waals surface area contributed by atoms with E-state index in [0.717, 1.165) is 0 Å². The Morgan fingerprint density at radius 3 is 2.15 bits per heavy atom. The first-order chi connectivity index (χ1) is 19.6. The van der Waals surface area contributed by atoms with Crippen molar-refractivity contribution in [1.29, 1.82) is 0 Å². The fourth-order valence-corrected chi connectivity index (χ4v) is 4.21. The van der Waals surface area contributed by atoms with Crippen molar-refractivity contribution in [3.05, 3.63) is 84.3 Å². The highest BCUT2D eigenvalue weighted by Gasteiger charge is 2.56. The van der Waals surface area contributed by atoms with Crippen LogP contribution in [0.2, 0.25) is 0 Å². The predicted octanol–water partition coefficient (Wildman–Crippen LogP) is 4.38. The minimum absolute atomic E-state index is 0.0229. The number of aliphatic hydroxyl groups is 1. The largest absolute Gasteiger partial charge is 0.490 e. The van der Waals surface area contributed by atoms with Gasteiger partial charge in [0.1, 0.15) is 35.1 Å². The predicted molar refractivity (Wildman–Crippen MR) is 149 cm³/mol. The van der Waals surface area contributed by atoms with Gasteiger partial charge >= 0.3 is 0 Å². The summed E-state index contributed by atoms with van der Waals surface area (Å²) in [7, 11) is 0. The summed E-state index contributed by atoms with van der Waals surface area (Å²) in [4.78, 5) is 42.2. The molecule has 1 heterocycles. The van der Waals surface area contributed by atoms with Crippen molar-refractivity contribution < 1.29 is 33.4 Å². The quantitative estimate of drug-likeness (QED) is 0.211. The molecule has 1 atom stereocenters. The zero-order valence-electron chi connectivity index (χ0n) is 22.0. The molecule has 1 aromatic heterocycles. The number of anilines is 2. The number of nitrogens with two attached hydrogens (primary N) is 1. The van der Waals surface area contributed by atoms with E-state index in [-0.39, 0.29) is 17.9 Å². The number of hydrogen-bond donors (Lipinski definition) is 4. The number of hydrogen-bond acceptors (Lipinski definition) is 7. The molecule has 0 radical (unpaired) electrons. The molecule has 1 saturated carbocycles. The SMILES string of the molecule is CC(O)COc1cc2nccc(Oc3ccc(NC(=O)C4(C(=O)Nc5ccc(F)cc5)CC4)cc3)c2cc1C(N)=O.